The molecule has 4 nitrogen and oxygen atoms in total. The predicted octanol–water partition coefficient (Wildman–Crippen LogP) is 5.34. The van der Waals surface area contributed by atoms with Crippen molar-refractivity contribution in [3.63, 3.8) is 0 Å². The standard InChI is InChI=1S/C20H36O4Si/c1-13(2)25(14(3)4,15(5)6)24-19-10-17(8)23-20(12-19)11-18(21)9-16(7)22-20/h10,13-17H,9,11-12H2,1-8H3/t16-,17-,20+/m1/s1. The number of Topliss-reactive ketones (excluding diaryl/α,β-unsaturated/α-hetero) is 1. The molecule has 0 aromatic heterocycles. The van der Waals surface area contributed by atoms with E-state index in [-0.39, 0.29) is 18.0 Å². The van der Waals surface area contributed by atoms with Gasteiger partial charge in [-0.3, -0.25) is 4.79 Å². The van der Waals surface area contributed by atoms with Crippen molar-refractivity contribution in [1.29, 1.82) is 0 Å². The lowest BCUT2D eigenvalue weighted by Gasteiger charge is -2.47. The molecule has 1 fully saturated rings. The van der Waals surface area contributed by atoms with E-state index < -0.39 is 14.1 Å². The van der Waals surface area contributed by atoms with Gasteiger partial charge in [0.15, 0.2) is 5.79 Å². The maximum Gasteiger partial charge on any atom is 0.258 e. The van der Waals surface area contributed by atoms with Gasteiger partial charge in [-0.1, -0.05) is 41.5 Å². The van der Waals surface area contributed by atoms with E-state index in [1.54, 1.807) is 0 Å². The summed E-state index contributed by atoms with van der Waals surface area (Å²) in [5.74, 6) is 0.333. The fraction of sp³-hybridized carbons (Fsp3) is 0.850. The predicted molar refractivity (Wildman–Crippen MR) is 103 cm³/mol. The number of ketones is 1. The topological polar surface area (TPSA) is 44.8 Å². The van der Waals surface area contributed by atoms with Crippen LogP contribution in [-0.2, 0) is 18.7 Å². The number of carbonyl (C=O) groups excluding carboxylic acids is 1. The van der Waals surface area contributed by atoms with Crippen molar-refractivity contribution in [2.24, 2.45) is 0 Å². The minimum atomic E-state index is -2.02. The SMILES string of the molecule is CC(C)[Si](OC1=C[C@@H](C)O[C@@]2(CC(=O)C[C@@H](C)O2)C1)(C(C)C)C(C)C. The summed E-state index contributed by atoms with van der Waals surface area (Å²) in [4.78, 5) is 12.2. The Morgan fingerprint density at radius 2 is 1.60 bits per heavy atom. The largest absolute Gasteiger partial charge is 0.546 e. The van der Waals surface area contributed by atoms with Crippen LogP contribution < -0.4 is 0 Å². The van der Waals surface area contributed by atoms with Crippen LogP contribution in [0.25, 0.3) is 0 Å². The Kier molecular flexibility index (Phi) is 6.22. The maximum atomic E-state index is 12.2. The van der Waals surface area contributed by atoms with E-state index in [1.165, 1.54) is 0 Å². The van der Waals surface area contributed by atoms with Gasteiger partial charge in [0, 0.05) is 6.42 Å². The summed E-state index contributed by atoms with van der Waals surface area (Å²) < 4.78 is 19.1. The molecule has 5 heteroatoms. The van der Waals surface area contributed by atoms with Crippen molar-refractivity contribution in [2.45, 2.75) is 109 Å². The van der Waals surface area contributed by atoms with Crippen LogP contribution in [0.1, 0.15) is 74.7 Å². The molecule has 0 saturated carbocycles. The fourth-order valence-electron chi connectivity index (χ4n) is 4.97. The van der Waals surface area contributed by atoms with E-state index in [9.17, 15) is 4.79 Å². The highest BCUT2D eigenvalue weighted by atomic mass is 28.4. The average Bonchev–Trinajstić information content (AvgIpc) is 2.40. The first-order valence-electron chi connectivity index (χ1n) is 9.77. The Morgan fingerprint density at radius 1 is 1.04 bits per heavy atom. The molecule has 0 bridgehead atoms. The molecule has 25 heavy (non-hydrogen) atoms. The molecule has 0 amide bonds. The zero-order valence-corrected chi connectivity index (χ0v) is 18.2. The summed E-state index contributed by atoms with van der Waals surface area (Å²) in [6, 6.07) is 0. The molecule has 1 saturated heterocycles. The first kappa shape index (κ1) is 20.7. The van der Waals surface area contributed by atoms with Crippen LogP contribution in [0.5, 0.6) is 0 Å². The maximum absolute atomic E-state index is 12.2. The van der Waals surface area contributed by atoms with Gasteiger partial charge in [-0.25, -0.2) is 0 Å². The Bertz CT molecular complexity index is 504. The summed E-state index contributed by atoms with van der Waals surface area (Å²) in [6.07, 6.45) is 3.20. The van der Waals surface area contributed by atoms with Crippen molar-refractivity contribution in [2.75, 3.05) is 0 Å². The number of ether oxygens (including phenoxy) is 2. The van der Waals surface area contributed by atoms with Crippen molar-refractivity contribution < 1.29 is 18.7 Å². The third-order valence-corrected chi connectivity index (χ3v) is 11.7. The van der Waals surface area contributed by atoms with Crippen LogP contribution >= 0.6 is 0 Å². The molecule has 0 N–H and O–H groups in total. The summed E-state index contributed by atoms with van der Waals surface area (Å²) >= 11 is 0. The Balaban J connectivity index is 2.30. The van der Waals surface area contributed by atoms with E-state index in [0.29, 0.717) is 35.9 Å². The number of carbonyl (C=O) groups is 1. The summed E-state index contributed by atoms with van der Waals surface area (Å²) in [5, 5.41) is 0. The normalized spacial score (nSPS) is 31.2. The van der Waals surface area contributed by atoms with E-state index in [4.69, 9.17) is 13.9 Å². The molecule has 1 spiro atoms. The minimum Gasteiger partial charge on any atom is -0.546 e. The summed E-state index contributed by atoms with van der Waals surface area (Å²) in [7, 11) is -2.02. The lowest BCUT2D eigenvalue weighted by atomic mass is 9.95. The van der Waals surface area contributed by atoms with Gasteiger partial charge >= 0.3 is 0 Å². The van der Waals surface area contributed by atoms with Crippen molar-refractivity contribution in [3.8, 4) is 0 Å². The van der Waals surface area contributed by atoms with E-state index in [2.05, 4.69) is 47.6 Å². The van der Waals surface area contributed by atoms with Crippen LogP contribution in [0.2, 0.25) is 16.6 Å². The fourth-order valence-corrected chi connectivity index (χ4v) is 10.3. The highest BCUT2D eigenvalue weighted by molar-refractivity contribution is 6.77. The van der Waals surface area contributed by atoms with Gasteiger partial charge in [0.05, 0.1) is 30.8 Å². The number of hydrogen-bond donors (Lipinski definition) is 0. The highest BCUT2D eigenvalue weighted by Gasteiger charge is 2.50. The molecule has 0 unspecified atom stereocenters. The summed E-state index contributed by atoms with van der Waals surface area (Å²) in [6.45, 7) is 17.7. The van der Waals surface area contributed by atoms with Gasteiger partial charge in [0.1, 0.15) is 5.78 Å². The lowest BCUT2D eigenvalue weighted by Crippen LogP contribution is -2.52. The average molecular weight is 369 g/mol. The molecule has 0 aliphatic carbocycles. The van der Waals surface area contributed by atoms with Crippen LogP contribution in [0.3, 0.4) is 0 Å². The first-order valence-corrected chi connectivity index (χ1v) is 11.9. The smallest absolute Gasteiger partial charge is 0.258 e. The van der Waals surface area contributed by atoms with Gasteiger partial charge in [-0.2, -0.15) is 0 Å². The first-order chi connectivity index (χ1) is 11.5. The number of rotatable bonds is 5. The van der Waals surface area contributed by atoms with Crippen LogP contribution in [0.15, 0.2) is 11.8 Å². The van der Waals surface area contributed by atoms with Crippen molar-refractivity contribution in [1.82, 2.24) is 0 Å². The van der Waals surface area contributed by atoms with E-state index in [1.807, 2.05) is 13.8 Å². The molecular weight excluding hydrogens is 332 g/mol. The molecule has 2 aliphatic rings. The van der Waals surface area contributed by atoms with Gasteiger partial charge in [-0.15, -0.1) is 0 Å². The Morgan fingerprint density at radius 3 is 2.08 bits per heavy atom. The zero-order valence-electron chi connectivity index (χ0n) is 17.2. The van der Waals surface area contributed by atoms with Gasteiger partial charge < -0.3 is 13.9 Å². The second-order valence-electron chi connectivity index (χ2n) is 8.81. The van der Waals surface area contributed by atoms with E-state index >= 15 is 0 Å². The molecule has 2 aliphatic heterocycles. The quantitative estimate of drug-likeness (QED) is 0.615. The third kappa shape index (κ3) is 4.20. The molecule has 0 aromatic carbocycles. The second-order valence-corrected chi connectivity index (χ2v) is 14.2. The van der Waals surface area contributed by atoms with Crippen LogP contribution in [-0.4, -0.2) is 32.1 Å². The number of hydrogen-bond acceptors (Lipinski definition) is 4. The van der Waals surface area contributed by atoms with E-state index in [0.717, 1.165) is 5.76 Å². The van der Waals surface area contributed by atoms with Crippen LogP contribution in [0.4, 0.5) is 0 Å². The van der Waals surface area contributed by atoms with Gasteiger partial charge in [0.2, 0.25) is 0 Å². The molecular formula is C20H36O4Si. The second kappa shape index (κ2) is 7.53. The molecule has 3 atom stereocenters. The minimum absolute atomic E-state index is 0.102. The van der Waals surface area contributed by atoms with Crippen LogP contribution in [0, 0.1) is 0 Å². The third-order valence-electron chi connectivity index (χ3n) is 5.68. The molecule has 2 heterocycles. The van der Waals surface area contributed by atoms with Crippen molar-refractivity contribution >= 4 is 14.1 Å². The van der Waals surface area contributed by atoms with Gasteiger partial charge in [-0.05, 0) is 36.5 Å². The Labute approximate surface area is 154 Å². The summed E-state index contributed by atoms with van der Waals surface area (Å²) in [5.41, 5.74) is 1.53. The van der Waals surface area contributed by atoms with Gasteiger partial charge in [0.25, 0.3) is 8.32 Å². The molecule has 2 rings (SSSR count). The lowest BCUT2D eigenvalue weighted by molar-refractivity contribution is -0.283. The molecule has 144 valence electrons. The molecule has 0 radical (unpaired) electrons. The monoisotopic (exact) mass is 368 g/mol. The Hall–Kier alpha value is -0.653. The molecule has 0 aromatic rings. The highest BCUT2D eigenvalue weighted by Crippen LogP contribution is 2.46. The zero-order chi connectivity index (χ0) is 19.0. The van der Waals surface area contributed by atoms with Crippen molar-refractivity contribution in [3.05, 3.63) is 11.8 Å².